The maximum Gasteiger partial charge on any atom is 0.345 e. The first-order valence-corrected chi connectivity index (χ1v) is 7.74. The van der Waals surface area contributed by atoms with E-state index in [1.807, 2.05) is 4.57 Å². The summed E-state index contributed by atoms with van der Waals surface area (Å²) in [6.07, 6.45) is 9.60. The molecule has 0 radical (unpaired) electrons. The lowest BCUT2D eigenvalue weighted by atomic mass is 10.2. The Labute approximate surface area is 114 Å². The van der Waals surface area contributed by atoms with Crippen molar-refractivity contribution >= 4 is 0 Å². The van der Waals surface area contributed by atoms with Crippen molar-refractivity contribution in [1.29, 1.82) is 0 Å². The van der Waals surface area contributed by atoms with Gasteiger partial charge in [0, 0.05) is 25.6 Å². The van der Waals surface area contributed by atoms with Crippen molar-refractivity contribution in [3.8, 4) is 0 Å². The molecule has 0 unspecified atom stereocenters. The highest BCUT2D eigenvalue weighted by atomic mass is 16.2. The van der Waals surface area contributed by atoms with Crippen LogP contribution < -0.4 is 11.0 Å². The number of rotatable bonds is 5. The predicted octanol–water partition coefficient (Wildman–Crippen LogP) is 1.30. The molecule has 0 spiro atoms. The summed E-state index contributed by atoms with van der Waals surface area (Å²) in [4.78, 5) is 12.1. The zero-order valence-corrected chi connectivity index (χ0v) is 11.6. The van der Waals surface area contributed by atoms with E-state index in [-0.39, 0.29) is 5.69 Å². The van der Waals surface area contributed by atoms with Crippen molar-refractivity contribution < 1.29 is 0 Å². The summed E-state index contributed by atoms with van der Waals surface area (Å²) in [6.45, 7) is 2.60. The molecular formula is C14H24N4O. The Hall–Kier alpha value is -1.10. The molecule has 1 aliphatic carbocycles. The minimum atomic E-state index is 0.0931. The van der Waals surface area contributed by atoms with Gasteiger partial charge < -0.3 is 5.32 Å². The van der Waals surface area contributed by atoms with Crippen LogP contribution >= 0.6 is 0 Å². The van der Waals surface area contributed by atoms with E-state index >= 15 is 0 Å². The molecule has 2 heterocycles. The Kier molecular flexibility index (Phi) is 4.01. The third kappa shape index (κ3) is 2.91. The monoisotopic (exact) mass is 264 g/mol. The fourth-order valence-corrected chi connectivity index (χ4v) is 3.26. The van der Waals surface area contributed by atoms with E-state index in [0.29, 0.717) is 6.04 Å². The van der Waals surface area contributed by atoms with Gasteiger partial charge in [-0.3, -0.25) is 4.57 Å². The summed E-state index contributed by atoms with van der Waals surface area (Å²) < 4.78 is 3.52. The molecule has 1 N–H and O–H groups in total. The Morgan fingerprint density at radius 1 is 1.21 bits per heavy atom. The molecule has 2 aliphatic rings. The zero-order chi connectivity index (χ0) is 13.1. The van der Waals surface area contributed by atoms with Gasteiger partial charge in [-0.25, -0.2) is 9.48 Å². The number of hydrogen-bond donors (Lipinski definition) is 1. The first kappa shape index (κ1) is 12.9. The molecule has 106 valence electrons. The van der Waals surface area contributed by atoms with Gasteiger partial charge in [-0.1, -0.05) is 12.8 Å². The van der Waals surface area contributed by atoms with E-state index in [1.54, 1.807) is 4.68 Å². The summed E-state index contributed by atoms with van der Waals surface area (Å²) in [5.74, 6) is 0.986. The van der Waals surface area contributed by atoms with Crippen LogP contribution in [0, 0.1) is 0 Å². The summed E-state index contributed by atoms with van der Waals surface area (Å²) >= 11 is 0. The number of aryl methyl sites for hydroxylation is 2. The van der Waals surface area contributed by atoms with Crippen LogP contribution in [-0.4, -0.2) is 26.9 Å². The van der Waals surface area contributed by atoms with Gasteiger partial charge in [-0.05, 0) is 38.6 Å². The number of hydrogen-bond acceptors (Lipinski definition) is 3. The van der Waals surface area contributed by atoms with Gasteiger partial charge in [0.15, 0.2) is 0 Å². The van der Waals surface area contributed by atoms with Crippen LogP contribution in [0.1, 0.15) is 50.8 Å². The van der Waals surface area contributed by atoms with E-state index in [4.69, 9.17) is 0 Å². The molecule has 1 aliphatic heterocycles. The second-order valence-corrected chi connectivity index (χ2v) is 5.82. The Morgan fingerprint density at radius 3 is 2.84 bits per heavy atom. The molecule has 3 rings (SSSR count). The van der Waals surface area contributed by atoms with Gasteiger partial charge in [0.25, 0.3) is 0 Å². The number of nitrogens with one attached hydrogen (secondary N) is 1. The van der Waals surface area contributed by atoms with E-state index in [2.05, 4.69) is 10.4 Å². The van der Waals surface area contributed by atoms with Crippen LogP contribution in [0.2, 0.25) is 0 Å². The molecule has 0 bridgehead atoms. The Balaban J connectivity index is 1.49. The summed E-state index contributed by atoms with van der Waals surface area (Å²) in [7, 11) is 0. The van der Waals surface area contributed by atoms with E-state index in [1.165, 1.54) is 32.1 Å². The predicted molar refractivity (Wildman–Crippen MR) is 74.3 cm³/mol. The second kappa shape index (κ2) is 5.90. The number of aromatic nitrogens is 3. The summed E-state index contributed by atoms with van der Waals surface area (Å²) in [6, 6.07) is 0.715. The van der Waals surface area contributed by atoms with Gasteiger partial charge in [0.05, 0.1) is 0 Å². The molecule has 0 amide bonds. The fraction of sp³-hybridized carbons (Fsp3) is 0.857. The largest absolute Gasteiger partial charge is 0.345 e. The van der Waals surface area contributed by atoms with Crippen LogP contribution in [0.5, 0.6) is 0 Å². The normalized spacial score (nSPS) is 19.8. The molecule has 1 fully saturated rings. The highest BCUT2D eigenvalue weighted by molar-refractivity contribution is 4.91. The minimum absolute atomic E-state index is 0.0931. The zero-order valence-electron chi connectivity index (χ0n) is 11.6. The lowest BCUT2D eigenvalue weighted by Gasteiger charge is -2.10. The smallest absolute Gasteiger partial charge is 0.314 e. The summed E-state index contributed by atoms with van der Waals surface area (Å²) in [5.41, 5.74) is 0.0931. The van der Waals surface area contributed by atoms with Gasteiger partial charge >= 0.3 is 5.69 Å². The van der Waals surface area contributed by atoms with Crippen LogP contribution in [0.25, 0.3) is 0 Å². The van der Waals surface area contributed by atoms with Crippen molar-refractivity contribution in [2.45, 2.75) is 70.5 Å². The number of nitrogens with zero attached hydrogens (tertiary/aromatic N) is 3. The SMILES string of the molecule is O=c1n(CCCNC2CCCC2)nc2n1CCCC2. The first-order valence-electron chi connectivity index (χ1n) is 7.74. The molecule has 19 heavy (non-hydrogen) atoms. The molecule has 1 aromatic rings. The van der Waals surface area contributed by atoms with Crippen molar-refractivity contribution in [3.63, 3.8) is 0 Å². The minimum Gasteiger partial charge on any atom is -0.314 e. The third-order valence-corrected chi connectivity index (χ3v) is 4.37. The van der Waals surface area contributed by atoms with Crippen molar-refractivity contribution in [2.24, 2.45) is 0 Å². The van der Waals surface area contributed by atoms with Crippen molar-refractivity contribution in [2.75, 3.05) is 6.54 Å². The lowest BCUT2D eigenvalue weighted by molar-refractivity contribution is 0.474. The topological polar surface area (TPSA) is 51.9 Å². The molecule has 1 aromatic heterocycles. The van der Waals surface area contributed by atoms with Crippen LogP contribution in [0.15, 0.2) is 4.79 Å². The van der Waals surface area contributed by atoms with Crippen LogP contribution in [-0.2, 0) is 19.5 Å². The van der Waals surface area contributed by atoms with Crippen LogP contribution in [0.3, 0.4) is 0 Å². The average Bonchev–Trinajstić information content (AvgIpc) is 3.04. The van der Waals surface area contributed by atoms with Crippen LogP contribution in [0.4, 0.5) is 0 Å². The number of fused-ring (bicyclic) bond motifs is 1. The van der Waals surface area contributed by atoms with Gasteiger partial charge in [-0.2, -0.15) is 5.10 Å². The molecule has 0 atom stereocenters. The molecule has 5 nitrogen and oxygen atoms in total. The maximum atomic E-state index is 12.1. The summed E-state index contributed by atoms with van der Waals surface area (Å²) in [5, 5.41) is 8.04. The van der Waals surface area contributed by atoms with Gasteiger partial charge in [0.1, 0.15) is 5.82 Å². The maximum absolute atomic E-state index is 12.1. The molecule has 5 heteroatoms. The molecule has 0 saturated heterocycles. The first-order chi connectivity index (χ1) is 9.34. The second-order valence-electron chi connectivity index (χ2n) is 5.82. The van der Waals surface area contributed by atoms with Crippen molar-refractivity contribution in [1.82, 2.24) is 19.7 Å². The molecule has 1 saturated carbocycles. The Morgan fingerprint density at radius 2 is 2.05 bits per heavy atom. The quantitative estimate of drug-likeness (QED) is 0.816. The lowest BCUT2D eigenvalue weighted by Crippen LogP contribution is -2.30. The standard InChI is InChI=1S/C14H24N4O/c19-14-17-10-4-3-8-13(17)16-18(14)11-5-9-15-12-6-1-2-7-12/h12,15H,1-11H2. The Bertz CT molecular complexity index is 470. The van der Waals surface area contributed by atoms with Gasteiger partial charge in [0.2, 0.25) is 0 Å². The highest BCUT2D eigenvalue weighted by Crippen LogP contribution is 2.17. The van der Waals surface area contributed by atoms with E-state index in [9.17, 15) is 4.79 Å². The van der Waals surface area contributed by atoms with E-state index in [0.717, 1.165) is 44.7 Å². The molecule has 0 aromatic carbocycles. The fourth-order valence-electron chi connectivity index (χ4n) is 3.26. The third-order valence-electron chi connectivity index (χ3n) is 4.37. The van der Waals surface area contributed by atoms with Crippen molar-refractivity contribution in [3.05, 3.63) is 16.3 Å². The van der Waals surface area contributed by atoms with Gasteiger partial charge in [-0.15, -0.1) is 0 Å². The average molecular weight is 264 g/mol. The highest BCUT2D eigenvalue weighted by Gasteiger charge is 2.16. The molecular weight excluding hydrogens is 240 g/mol. The van der Waals surface area contributed by atoms with E-state index < -0.39 is 0 Å².